The molecule has 0 radical (unpaired) electrons. The van der Waals surface area contributed by atoms with Gasteiger partial charge >= 0.3 is 12.1 Å². The molecule has 1 saturated carbocycles. The fourth-order valence-electron chi connectivity index (χ4n) is 2.40. The lowest BCUT2D eigenvalue weighted by Gasteiger charge is -2.42. The molecule has 1 aliphatic rings. The Morgan fingerprint density at radius 1 is 1.13 bits per heavy atom. The molecule has 8 heteroatoms. The van der Waals surface area contributed by atoms with Crippen LogP contribution in [0.2, 0.25) is 0 Å². The van der Waals surface area contributed by atoms with Gasteiger partial charge in [-0.2, -0.15) is 13.2 Å². The zero-order valence-electron chi connectivity index (χ0n) is 13.6. The van der Waals surface area contributed by atoms with Crippen molar-refractivity contribution in [2.24, 2.45) is 11.3 Å². The van der Waals surface area contributed by atoms with Gasteiger partial charge in [-0.3, -0.25) is 4.79 Å². The largest absolute Gasteiger partial charge is 0.456 e. The van der Waals surface area contributed by atoms with Crippen LogP contribution in [0.25, 0.3) is 0 Å². The maximum atomic E-state index is 14.1. The molecule has 1 fully saturated rings. The van der Waals surface area contributed by atoms with Crippen molar-refractivity contribution in [3.63, 3.8) is 0 Å². The van der Waals surface area contributed by atoms with Crippen LogP contribution in [0, 0.1) is 11.3 Å². The molecule has 23 heavy (non-hydrogen) atoms. The number of ether oxygens (including phenoxy) is 1. The number of carbonyl (C=O) groups is 1. The van der Waals surface area contributed by atoms with E-state index in [2.05, 4.69) is 0 Å². The lowest BCUT2D eigenvalue weighted by atomic mass is 9.75. The molecule has 1 N–H and O–H groups in total. The molecule has 3 nitrogen and oxygen atoms in total. The van der Waals surface area contributed by atoms with E-state index in [1.807, 2.05) is 0 Å². The maximum absolute atomic E-state index is 14.1. The second-order valence-electron chi connectivity index (χ2n) is 6.95. The van der Waals surface area contributed by atoms with Crippen LogP contribution in [0.1, 0.15) is 47.0 Å². The minimum Gasteiger partial charge on any atom is -0.456 e. The zero-order valence-corrected chi connectivity index (χ0v) is 13.6. The van der Waals surface area contributed by atoms with E-state index >= 15 is 0 Å². The average molecular weight is 346 g/mol. The first-order chi connectivity index (χ1) is 10.2. The Morgan fingerprint density at radius 2 is 1.57 bits per heavy atom. The number of hydrogen-bond donors (Lipinski definition) is 1. The molecule has 136 valence electrons. The summed E-state index contributed by atoms with van der Waals surface area (Å²) in [6, 6.07) is 0. The lowest BCUT2D eigenvalue weighted by molar-refractivity contribution is -0.281. The van der Waals surface area contributed by atoms with Gasteiger partial charge in [-0.05, 0) is 40.0 Å². The molecule has 1 aliphatic carbocycles. The third kappa shape index (κ3) is 4.14. The van der Waals surface area contributed by atoms with Gasteiger partial charge in [-0.15, -0.1) is 0 Å². The van der Waals surface area contributed by atoms with E-state index in [9.17, 15) is 31.9 Å². The predicted molar refractivity (Wildman–Crippen MR) is 73.1 cm³/mol. The van der Waals surface area contributed by atoms with E-state index < -0.39 is 60.4 Å². The first kappa shape index (κ1) is 20.1. The standard InChI is InChI=1S/C15H23F5O3/c1-5-13(2,3)12(21)23-11-9(16)6-8(7-10(11)17)14(4,22)15(18,19)20/h8-11,22H,5-7H2,1-4H3. The van der Waals surface area contributed by atoms with Gasteiger partial charge in [0.1, 0.15) is 12.3 Å². The van der Waals surface area contributed by atoms with Gasteiger partial charge in [0, 0.05) is 5.92 Å². The van der Waals surface area contributed by atoms with Gasteiger partial charge in [0.25, 0.3) is 0 Å². The molecule has 3 unspecified atom stereocenters. The highest BCUT2D eigenvalue weighted by atomic mass is 19.4. The number of rotatable bonds is 4. The fraction of sp³-hybridized carbons (Fsp3) is 0.933. The first-order valence-electron chi connectivity index (χ1n) is 7.52. The molecule has 0 amide bonds. The molecule has 0 aromatic rings. The van der Waals surface area contributed by atoms with Crippen LogP contribution in [0.4, 0.5) is 22.0 Å². The van der Waals surface area contributed by atoms with E-state index in [1.165, 1.54) is 0 Å². The van der Waals surface area contributed by atoms with Crippen LogP contribution >= 0.6 is 0 Å². The average Bonchev–Trinajstić information content (AvgIpc) is 2.40. The molecule has 0 bridgehead atoms. The van der Waals surface area contributed by atoms with Crippen LogP contribution in [0.5, 0.6) is 0 Å². The summed E-state index contributed by atoms with van der Waals surface area (Å²) in [6.07, 6.45) is -12.0. The second-order valence-corrected chi connectivity index (χ2v) is 6.95. The molecule has 0 aromatic heterocycles. The third-order valence-corrected chi connectivity index (χ3v) is 4.78. The lowest BCUT2D eigenvalue weighted by Crippen LogP contribution is -2.55. The van der Waals surface area contributed by atoms with Gasteiger partial charge in [-0.1, -0.05) is 6.92 Å². The van der Waals surface area contributed by atoms with Crippen molar-refractivity contribution in [2.75, 3.05) is 0 Å². The molecule has 0 saturated heterocycles. The Labute approximate surface area is 132 Å². The van der Waals surface area contributed by atoms with E-state index in [0.29, 0.717) is 13.3 Å². The summed E-state index contributed by atoms with van der Waals surface area (Å²) < 4.78 is 71.5. The Morgan fingerprint density at radius 3 is 1.91 bits per heavy atom. The van der Waals surface area contributed by atoms with Gasteiger partial charge in [-0.25, -0.2) is 8.78 Å². The molecule has 3 atom stereocenters. The topological polar surface area (TPSA) is 46.5 Å². The maximum Gasteiger partial charge on any atom is 0.417 e. The summed E-state index contributed by atoms with van der Waals surface area (Å²) in [5, 5.41) is 9.58. The Balaban J connectivity index is 2.84. The number of halogens is 5. The van der Waals surface area contributed by atoms with E-state index in [-0.39, 0.29) is 0 Å². The summed E-state index contributed by atoms with van der Waals surface area (Å²) in [5.74, 6) is -2.43. The zero-order chi connectivity index (χ0) is 18.2. The van der Waals surface area contributed by atoms with Crippen molar-refractivity contribution < 1.29 is 36.6 Å². The van der Waals surface area contributed by atoms with Crippen molar-refractivity contribution in [3.8, 4) is 0 Å². The van der Waals surface area contributed by atoms with Crippen molar-refractivity contribution in [1.29, 1.82) is 0 Å². The van der Waals surface area contributed by atoms with Crippen molar-refractivity contribution in [2.45, 2.75) is 77.2 Å². The van der Waals surface area contributed by atoms with Crippen LogP contribution < -0.4 is 0 Å². The molecular weight excluding hydrogens is 323 g/mol. The van der Waals surface area contributed by atoms with Crippen LogP contribution in [-0.4, -0.2) is 41.3 Å². The summed E-state index contributed by atoms with van der Waals surface area (Å²) in [6.45, 7) is 5.31. The van der Waals surface area contributed by atoms with Crippen LogP contribution in [0.15, 0.2) is 0 Å². The second kappa shape index (κ2) is 6.53. The van der Waals surface area contributed by atoms with Crippen molar-refractivity contribution >= 4 is 5.97 Å². The molecule has 0 aromatic carbocycles. The van der Waals surface area contributed by atoms with Crippen molar-refractivity contribution in [1.82, 2.24) is 0 Å². The fourth-order valence-corrected chi connectivity index (χ4v) is 2.40. The molecule has 0 aliphatic heterocycles. The highest BCUT2D eigenvalue weighted by Gasteiger charge is 2.58. The van der Waals surface area contributed by atoms with Crippen LogP contribution in [0.3, 0.4) is 0 Å². The van der Waals surface area contributed by atoms with Gasteiger partial charge < -0.3 is 9.84 Å². The summed E-state index contributed by atoms with van der Waals surface area (Å²) in [4.78, 5) is 11.9. The number of carbonyl (C=O) groups excluding carboxylic acids is 1. The minimum absolute atomic E-state index is 0.387. The minimum atomic E-state index is -5.00. The normalized spacial score (nSPS) is 32.3. The van der Waals surface area contributed by atoms with Gasteiger partial charge in [0.2, 0.25) is 0 Å². The number of esters is 1. The summed E-state index contributed by atoms with van der Waals surface area (Å²) in [5.41, 5.74) is -4.13. The van der Waals surface area contributed by atoms with Crippen LogP contribution in [-0.2, 0) is 9.53 Å². The predicted octanol–water partition coefficient (Wildman–Crippen LogP) is 3.73. The number of alkyl halides is 5. The molecule has 0 heterocycles. The van der Waals surface area contributed by atoms with E-state index in [0.717, 1.165) is 0 Å². The first-order valence-corrected chi connectivity index (χ1v) is 7.52. The highest BCUT2D eigenvalue weighted by molar-refractivity contribution is 5.76. The van der Waals surface area contributed by atoms with Gasteiger partial charge in [0.15, 0.2) is 11.7 Å². The monoisotopic (exact) mass is 346 g/mol. The SMILES string of the molecule is CCC(C)(C)C(=O)OC1C(F)CC(C(C)(O)C(F)(F)F)CC1F. The Kier molecular flexibility index (Phi) is 5.71. The highest BCUT2D eigenvalue weighted by Crippen LogP contribution is 2.44. The smallest absolute Gasteiger partial charge is 0.417 e. The Bertz CT molecular complexity index is 421. The molecule has 0 spiro atoms. The number of aliphatic hydroxyl groups is 1. The number of hydrogen-bond acceptors (Lipinski definition) is 3. The Hall–Kier alpha value is -0.920. The van der Waals surface area contributed by atoms with Gasteiger partial charge in [0.05, 0.1) is 5.41 Å². The molecular formula is C15H23F5O3. The summed E-state index contributed by atoms with van der Waals surface area (Å²) in [7, 11) is 0. The summed E-state index contributed by atoms with van der Waals surface area (Å²) >= 11 is 0. The van der Waals surface area contributed by atoms with E-state index in [1.54, 1.807) is 20.8 Å². The van der Waals surface area contributed by atoms with E-state index in [4.69, 9.17) is 4.74 Å². The molecule has 1 rings (SSSR count). The van der Waals surface area contributed by atoms with Crippen molar-refractivity contribution in [3.05, 3.63) is 0 Å². The quantitative estimate of drug-likeness (QED) is 0.623. The third-order valence-electron chi connectivity index (χ3n) is 4.78.